The van der Waals surface area contributed by atoms with Gasteiger partial charge in [0.1, 0.15) is 0 Å². The van der Waals surface area contributed by atoms with Crippen molar-refractivity contribution in [2.24, 2.45) is 5.92 Å². The second-order valence-electron chi connectivity index (χ2n) is 7.51. The fourth-order valence-electron chi connectivity index (χ4n) is 3.46. The Hall–Kier alpha value is -2.67. The van der Waals surface area contributed by atoms with Gasteiger partial charge in [0.25, 0.3) is 0 Å². The molecule has 1 aromatic carbocycles. The molecule has 0 unspecified atom stereocenters. The first-order chi connectivity index (χ1) is 13.6. The minimum Gasteiger partial charge on any atom is -0.346 e. The van der Waals surface area contributed by atoms with Crippen LogP contribution >= 0.6 is 11.3 Å². The molecule has 2 aromatic heterocycles. The molecule has 1 aliphatic rings. The highest BCUT2D eigenvalue weighted by atomic mass is 32.1. The van der Waals surface area contributed by atoms with Crippen molar-refractivity contribution in [3.8, 4) is 5.13 Å². The zero-order chi connectivity index (χ0) is 19.5. The lowest BCUT2D eigenvalue weighted by Crippen LogP contribution is -2.40. The topological polar surface area (TPSA) is 63.1 Å². The van der Waals surface area contributed by atoms with E-state index in [1.54, 1.807) is 11.3 Å². The number of anilines is 2. The van der Waals surface area contributed by atoms with E-state index < -0.39 is 0 Å². The number of carbonyl (C=O) groups excluding carboxylic acids is 1. The van der Waals surface area contributed by atoms with Crippen molar-refractivity contribution in [3.63, 3.8) is 0 Å². The highest BCUT2D eigenvalue weighted by molar-refractivity contribution is 7.17. The van der Waals surface area contributed by atoms with Gasteiger partial charge in [-0.3, -0.25) is 9.36 Å². The number of benzene rings is 1. The molecule has 28 heavy (non-hydrogen) atoms. The summed E-state index contributed by atoms with van der Waals surface area (Å²) in [4.78, 5) is 15.0. The molecule has 7 heteroatoms. The van der Waals surface area contributed by atoms with Crippen molar-refractivity contribution in [2.45, 2.75) is 32.6 Å². The molecular formula is C21H25N5OS. The Labute approximate surface area is 169 Å². The van der Waals surface area contributed by atoms with Crippen LogP contribution in [0.2, 0.25) is 0 Å². The van der Waals surface area contributed by atoms with E-state index in [-0.39, 0.29) is 11.8 Å². The Kier molecular flexibility index (Phi) is 5.43. The molecule has 0 aliphatic carbocycles. The van der Waals surface area contributed by atoms with Crippen LogP contribution in [0, 0.1) is 5.92 Å². The van der Waals surface area contributed by atoms with Crippen LogP contribution in [0.15, 0.2) is 48.8 Å². The first-order valence-corrected chi connectivity index (χ1v) is 10.5. The number of aromatic nitrogens is 3. The predicted octanol–water partition coefficient (Wildman–Crippen LogP) is 4.31. The molecule has 0 bridgehead atoms. The predicted molar refractivity (Wildman–Crippen MR) is 113 cm³/mol. The van der Waals surface area contributed by atoms with Crippen LogP contribution in [0.25, 0.3) is 5.13 Å². The van der Waals surface area contributed by atoms with Crippen LogP contribution in [-0.4, -0.2) is 33.8 Å². The fourth-order valence-corrected chi connectivity index (χ4v) is 4.31. The lowest BCUT2D eigenvalue weighted by molar-refractivity contribution is -0.120. The maximum Gasteiger partial charge on any atom is 0.229 e. The lowest BCUT2D eigenvalue weighted by Gasteiger charge is -2.31. The van der Waals surface area contributed by atoms with Crippen molar-refractivity contribution in [2.75, 3.05) is 23.3 Å². The van der Waals surface area contributed by atoms with E-state index in [9.17, 15) is 4.79 Å². The van der Waals surface area contributed by atoms with Crippen molar-refractivity contribution >= 4 is 28.1 Å². The van der Waals surface area contributed by atoms with Crippen LogP contribution < -0.4 is 10.2 Å². The van der Waals surface area contributed by atoms with E-state index in [2.05, 4.69) is 46.4 Å². The summed E-state index contributed by atoms with van der Waals surface area (Å²) in [5, 5.41) is 13.4. The number of rotatable bonds is 5. The number of nitrogens with zero attached hydrogens (tertiary/aromatic N) is 4. The average Bonchev–Trinajstić information content (AvgIpc) is 3.40. The Morgan fingerprint density at radius 1 is 1.14 bits per heavy atom. The van der Waals surface area contributed by atoms with E-state index in [1.165, 1.54) is 5.56 Å². The van der Waals surface area contributed by atoms with Crippen LogP contribution in [0.5, 0.6) is 0 Å². The van der Waals surface area contributed by atoms with Crippen molar-refractivity contribution in [1.82, 2.24) is 14.8 Å². The summed E-state index contributed by atoms with van der Waals surface area (Å²) >= 11 is 1.55. The summed E-state index contributed by atoms with van der Waals surface area (Å²) in [6, 6.07) is 12.1. The van der Waals surface area contributed by atoms with Gasteiger partial charge in [-0.25, -0.2) is 0 Å². The fraction of sp³-hybridized carbons (Fsp3) is 0.381. The van der Waals surface area contributed by atoms with Gasteiger partial charge in [0.05, 0.1) is 5.92 Å². The van der Waals surface area contributed by atoms with Gasteiger partial charge < -0.3 is 10.2 Å². The highest BCUT2D eigenvalue weighted by Gasteiger charge is 2.28. The number of amides is 1. The highest BCUT2D eigenvalue weighted by Crippen LogP contribution is 2.28. The SMILES string of the molecule is CC(C)c1ccc(NC(=O)[C@@H]2CCCN(c3nnc(-n4cccc4)s3)C2)cc1. The van der Waals surface area contributed by atoms with Crippen LogP contribution in [0.4, 0.5) is 10.8 Å². The van der Waals surface area contributed by atoms with Gasteiger partial charge in [0, 0.05) is 31.2 Å². The van der Waals surface area contributed by atoms with E-state index >= 15 is 0 Å². The molecule has 0 spiro atoms. The third kappa shape index (κ3) is 4.09. The van der Waals surface area contributed by atoms with E-state index in [0.29, 0.717) is 12.5 Å². The smallest absolute Gasteiger partial charge is 0.229 e. The maximum atomic E-state index is 12.8. The van der Waals surface area contributed by atoms with Gasteiger partial charge in [-0.2, -0.15) is 0 Å². The van der Waals surface area contributed by atoms with E-state index in [4.69, 9.17) is 0 Å². The molecule has 3 aromatic rings. The molecule has 1 amide bonds. The molecule has 1 atom stereocenters. The zero-order valence-corrected chi connectivity index (χ0v) is 17.0. The minimum atomic E-state index is -0.0440. The molecule has 1 N–H and O–H groups in total. The second-order valence-corrected chi connectivity index (χ2v) is 8.44. The van der Waals surface area contributed by atoms with Gasteiger partial charge in [-0.15, -0.1) is 10.2 Å². The maximum absolute atomic E-state index is 12.8. The molecule has 0 radical (unpaired) electrons. The third-order valence-electron chi connectivity index (χ3n) is 5.14. The van der Waals surface area contributed by atoms with Gasteiger partial charge in [0.15, 0.2) is 0 Å². The summed E-state index contributed by atoms with van der Waals surface area (Å²) in [5.74, 6) is 0.523. The van der Waals surface area contributed by atoms with Gasteiger partial charge in [-0.05, 0) is 48.6 Å². The first kappa shape index (κ1) is 18.7. The van der Waals surface area contributed by atoms with Crippen molar-refractivity contribution in [1.29, 1.82) is 0 Å². The van der Waals surface area contributed by atoms with Crippen molar-refractivity contribution in [3.05, 3.63) is 54.4 Å². The van der Waals surface area contributed by atoms with Gasteiger partial charge >= 0.3 is 0 Å². The van der Waals surface area contributed by atoms with Crippen LogP contribution in [-0.2, 0) is 4.79 Å². The number of hydrogen-bond acceptors (Lipinski definition) is 5. The monoisotopic (exact) mass is 395 g/mol. The molecule has 1 aliphatic heterocycles. The molecule has 1 fully saturated rings. The van der Waals surface area contributed by atoms with Gasteiger partial charge in [0.2, 0.25) is 16.2 Å². The summed E-state index contributed by atoms with van der Waals surface area (Å²) in [6.45, 7) is 5.92. The quantitative estimate of drug-likeness (QED) is 0.699. The van der Waals surface area contributed by atoms with Crippen molar-refractivity contribution < 1.29 is 4.79 Å². The van der Waals surface area contributed by atoms with Gasteiger partial charge in [-0.1, -0.05) is 37.3 Å². The molecule has 1 saturated heterocycles. The number of hydrogen-bond donors (Lipinski definition) is 1. The Balaban J connectivity index is 1.40. The molecular weight excluding hydrogens is 370 g/mol. The van der Waals surface area contributed by atoms with Crippen LogP contribution in [0.3, 0.4) is 0 Å². The average molecular weight is 396 g/mol. The standard InChI is InChI=1S/C21H25N5OS/c1-15(2)16-7-9-18(10-8-16)22-19(27)17-6-5-13-26(14-17)21-24-23-20(28-21)25-11-3-4-12-25/h3-4,7-12,15,17H,5-6,13-14H2,1-2H3,(H,22,27)/t17-/m1/s1. The zero-order valence-electron chi connectivity index (χ0n) is 16.2. The molecule has 3 heterocycles. The summed E-state index contributed by atoms with van der Waals surface area (Å²) in [5.41, 5.74) is 2.13. The molecule has 4 rings (SSSR count). The molecule has 6 nitrogen and oxygen atoms in total. The largest absolute Gasteiger partial charge is 0.346 e. The van der Waals surface area contributed by atoms with Crippen LogP contribution in [0.1, 0.15) is 38.2 Å². The van der Waals surface area contributed by atoms with E-state index in [0.717, 1.165) is 35.3 Å². The summed E-state index contributed by atoms with van der Waals surface area (Å²) in [7, 11) is 0. The number of piperidine rings is 1. The Morgan fingerprint density at radius 3 is 2.57 bits per heavy atom. The minimum absolute atomic E-state index is 0.0440. The summed E-state index contributed by atoms with van der Waals surface area (Å²) < 4.78 is 1.95. The normalized spacial score (nSPS) is 17.1. The number of nitrogens with one attached hydrogen (secondary N) is 1. The Morgan fingerprint density at radius 2 is 1.86 bits per heavy atom. The third-order valence-corrected chi connectivity index (χ3v) is 6.13. The number of carbonyl (C=O) groups is 1. The van der Waals surface area contributed by atoms with E-state index in [1.807, 2.05) is 41.2 Å². The lowest BCUT2D eigenvalue weighted by atomic mass is 9.97. The molecule has 0 saturated carbocycles. The molecule has 146 valence electrons. The summed E-state index contributed by atoms with van der Waals surface area (Å²) in [6.07, 6.45) is 5.79. The first-order valence-electron chi connectivity index (χ1n) is 9.73. The second kappa shape index (κ2) is 8.14. The Bertz CT molecular complexity index is 917.